The molecule has 1 heterocycles. The van der Waals surface area contributed by atoms with E-state index >= 15 is 0 Å². The molecule has 0 unspecified atom stereocenters. The lowest BCUT2D eigenvalue weighted by Gasteiger charge is -2.11. The number of hydrogen-bond donors (Lipinski definition) is 2. The SMILES string of the molecule is Cc1ccc(-n2ccnc2SCC(=O)NNC(=O)c2ccc([N+](=O)[O-])cc2)c(C)c1. The highest BCUT2D eigenvalue weighted by Gasteiger charge is 2.13. The molecular weight excluding hydrogens is 406 g/mol. The molecule has 0 atom stereocenters. The minimum atomic E-state index is -0.569. The summed E-state index contributed by atoms with van der Waals surface area (Å²) in [6.07, 6.45) is 3.49. The molecule has 0 saturated heterocycles. The largest absolute Gasteiger partial charge is 0.295 e. The number of nitro benzene ring substituents is 1. The van der Waals surface area contributed by atoms with E-state index in [4.69, 9.17) is 0 Å². The van der Waals surface area contributed by atoms with Crippen molar-refractivity contribution in [3.05, 3.63) is 81.7 Å². The first kappa shape index (κ1) is 21.1. The van der Waals surface area contributed by atoms with Gasteiger partial charge in [-0.2, -0.15) is 0 Å². The molecule has 0 spiro atoms. The first-order valence-electron chi connectivity index (χ1n) is 8.92. The number of thioether (sulfide) groups is 1. The van der Waals surface area contributed by atoms with E-state index in [1.165, 1.54) is 36.0 Å². The summed E-state index contributed by atoms with van der Waals surface area (Å²) in [5, 5.41) is 11.3. The van der Waals surface area contributed by atoms with Gasteiger partial charge in [0.2, 0.25) is 5.91 Å². The Hall–Kier alpha value is -3.66. The predicted molar refractivity (Wildman–Crippen MR) is 112 cm³/mol. The van der Waals surface area contributed by atoms with Crippen LogP contribution in [-0.4, -0.2) is 32.0 Å². The number of imidazole rings is 1. The summed E-state index contributed by atoms with van der Waals surface area (Å²) in [4.78, 5) is 38.5. The fourth-order valence-electron chi connectivity index (χ4n) is 2.75. The molecule has 3 rings (SSSR count). The van der Waals surface area contributed by atoms with Crippen molar-refractivity contribution in [2.24, 2.45) is 0 Å². The highest BCUT2D eigenvalue weighted by molar-refractivity contribution is 7.99. The van der Waals surface area contributed by atoms with Crippen LogP contribution in [0, 0.1) is 24.0 Å². The van der Waals surface area contributed by atoms with Crippen molar-refractivity contribution in [3.63, 3.8) is 0 Å². The summed E-state index contributed by atoms with van der Waals surface area (Å²) in [6.45, 7) is 4.03. The van der Waals surface area contributed by atoms with Gasteiger partial charge in [0.1, 0.15) is 0 Å². The minimum Gasteiger partial charge on any atom is -0.295 e. The number of nitro groups is 1. The molecule has 2 N–H and O–H groups in total. The van der Waals surface area contributed by atoms with Crippen LogP contribution < -0.4 is 10.9 Å². The fourth-order valence-corrected chi connectivity index (χ4v) is 3.52. The number of hydrogen-bond acceptors (Lipinski definition) is 6. The zero-order valence-corrected chi connectivity index (χ0v) is 17.1. The molecule has 30 heavy (non-hydrogen) atoms. The van der Waals surface area contributed by atoms with Crippen LogP contribution in [0.2, 0.25) is 0 Å². The van der Waals surface area contributed by atoms with Crippen LogP contribution in [0.5, 0.6) is 0 Å². The maximum absolute atomic E-state index is 12.1. The van der Waals surface area contributed by atoms with Gasteiger partial charge in [0, 0.05) is 30.1 Å². The van der Waals surface area contributed by atoms with Gasteiger partial charge >= 0.3 is 0 Å². The van der Waals surface area contributed by atoms with E-state index in [0.717, 1.165) is 16.8 Å². The van der Waals surface area contributed by atoms with Gasteiger partial charge in [-0.05, 0) is 37.6 Å². The number of carbonyl (C=O) groups excluding carboxylic acids is 2. The number of non-ortho nitro benzene ring substituents is 1. The number of amides is 2. The van der Waals surface area contributed by atoms with Gasteiger partial charge in [-0.15, -0.1) is 0 Å². The molecule has 0 aliphatic rings. The number of carbonyl (C=O) groups is 2. The molecule has 0 radical (unpaired) electrons. The fraction of sp³-hybridized carbons (Fsp3) is 0.150. The molecule has 0 bridgehead atoms. The second kappa shape index (κ2) is 9.23. The Bertz CT molecular complexity index is 1090. The van der Waals surface area contributed by atoms with Crippen LogP contribution >= 0.6 is 11.8 Å². The number of rotatable bonds is 6. The van der Waals surface area contributed by atoms with Gasteiger partial charge in [0.05, 0.1) is 16.4 Å². The number of aromatic nitrogens is 2. The lowest BCUT2D eigenvalue weighted by Crippen LogP contribution is -2.42. The topological polar surface area (TPSA) is 119 Å². The molecule has 0 saturated carbocycles. The number of benzene rings is 2. The predicted octanol–water partition coefficient (Wildman–Crippen LogP) is 2.95. The highest BCUT2D eigenvalue weighted by Crippen LogP contribution is 2.23. The highest BCUT2D eigenvalue weighted by atomic mass is 32.2. The Morgan fingerprint density at radius 1 is 1.13 bits per heavy atom. The van der Waals surface area contributed by atoms with Crippen molar-refractivity contribution in [3.8, 4) is 5.69 Å². The summed E-state index contributed by atoms with van der Waals surface area (Å²) in [5.41, 5.74) is 7.93. The standard InChI is InChI=1S/C20H19N5O4S/c1-13-3-8-17(14(2)11-13)24-10-9-21-20(24)30-12-18(26)22-23-19(27)15-4-6-16(7-5-15)25(28)29/h3-11H,12H2,1-2H3,(H,22,26)(H,23,27). The molecule has 1 aromatic heterocycles. The zero-order chi connectivity index (χ0) is 21.7. The lowest BCUT2D eigenvalue weighted by molar-refractivity contribution is -0.384. The molecule has 10 heteroatoms. The normalized spacial score (nSPS) is 10.5. The summed E-state index contributed by atoms with van der Waals surface area (Å²) < 4.78 is 1.90. The summed E-state index contributed by atoms with van der Waals surface area (Å²) in [7, 11) is 0. The number of nitrogens with one attached hydrogen (secondary N) is 2. The Labute approximate surface area is 176 Å². The first-order chi connectivity index (χ1) is 14.3. The maximum Gasteiger partial charge on any atom is 0.269 e. The molecule has 154 valence electrons. The number of hydrazine groups is 1. The molecule has 0 aliphatic carbocycles. The van der Waals surface area contributed by atoms with E-state index < -0.39 is 16.7 Å². The summed E-state index contributed by atoms with van der Waals surface area (Å²) in [5.74, 6) is -0.937. The average Bonchev–Trinajstić information content (AvgIpc) is 3.18. The third-order valence-corrected chi connectivity index (χ3v) is 5.17. The second-order valence-electron chi connectivity index (χ2n) is 6.46. The van der Waals surface area contributed by atoms with Crippen molar-refractivity contribution < 1.29 is 14.5 Å². The van der Waals surface area contributed by atoms with Crippen LogP contribution in [0.1, 0.15) is 21.5 Å². The maximum atomic E-state index is 12.1. The Morgan fingerprint density at radius 3 is 2.53 bits per heavy atom. The van der Waals surface area contributed by atoms with Gasteiger partial charge in [-0.3, -0.25) is 35.1 Å². The van der Waals surface area contributed by atoms with Gasteiger partial charge in [-0.25, -0.2) is 4.98 Å². The Morgan fingerprint density at radius 2 is 1.87 bits per heavy atom. The minimum absolute atomic E-state index is 0.0441. The smallest absolute Gasteiger partial charge is 0.269 e. The van der Waals surface area contributed by atoms with E-state index in [1.54, 1.807) is 6.20 Å². The second-order valence-corrected chi connectivity index (χ2v) is 7.41. The van der Waals surface area contributed by atoms with E-state index in [9.17, 15) is 19.7 Å². The van der Waals surface area contributed by atoms with Crippen LogP contribution in [0.3, 0.4) is 0 Å². The molecular formula is C20H19N5O4S. The first-order valence-corrected chi connectivity index (χ1v) is 9.91. The molecule has 0 fully saturated rings. The molecule has 2 amide bonds. The van der Waals surface area contributed by atoms with E-state index in [1.807, 2.05) is 36.7 Å². The Balaban J connectivity index is 1.55. The van der Waals surface area contributed by atoms with Gasteiger partial charge in [-0.1, -0.05) is 29.5 Å². The summed E-state index contributed by atoms with van der Waals surface area (Å²) in [6, 6.07) is 11.2. The van der Waals surface area contributed by atoms with Crippen LogP contribution in [0.4, 0.5) is 5.69 Å². The van der Waals surface area contributed by atoms with E-state index in [2.05, 4.69) is 21.9 Å². The third kappa shape index (κ3) is 5.03. The van der Waals surface area contributed by atoms with Crippen molar-refractivity contribution in [2.45, 2.75) is 19.0 Å². The monoisotopic (exact) mass is 425 g/mol. The summed E-state index contributed by atoms with van der Waals surface area (Å²) >= 11 is 1.24. The van der Waals surface area contributed by atoms with Crippen LogP contribution in [0.15, 0.2) is 60.0 Å². The molecule has 2 aromatic carbocycles. The molecule has 0 aliphatic heterocycles. The lowest BCUT2D eigenvalue weighted by atomic mass is 10.1. The van der Waals surface area contributed by atoms with Crippen LogP contribution in [0.25, 0.3) is 5.69 Å². The third-order valence-electron chi connectivity index (χ3n) is 4.21. The van der Waals surface area contributed by atoms with Gasteiger partial charge in [0.15, 0.2) is 5.16 Å². The molecule has 9 nitrogen and oxygen atoms in total. The van der Waals surface area contributed by atoms with Crippen LogP contribution in [-0.2, 0) is 4.79 Å². The van der Waals surface area contributed by atoms with Gasteiger partial charge < -0.3 is 0 Å². The quantitative estimate of drug-likeness (QED) is 0.356. The van der Waals surface area contributed by atoms with Crippen molar-refractivity contribution in [1.82, 2.24) is 20.4 Å². The zero-order valence-electron chi connectivity index (χ0n) is 16.3. The number of aryl methyl sites for hydroxylation is 2. The molecule has 3 aromatic rings. The van der Waals surface area contributed by atoms with E-state index in [0.29, 0.717) is 5.16 Å². The van der Waals surface area contributed by atoms with Crippen molar-refractivity contribution in [1.29, 1.82) is 0 Å². The Kier molecular flexibility index (Phi) is 6.48. The van der Waals surface area contributed by atoms with Gasteiger partial charge in [0.25, 0.3) is 11.6 Å². The van der Waals surface area contributed by atoms with E-state index in [-0.39, 0.29) is 17.0 Å². The number of nitrogens with zero attached hydrogens (tertiary/aromatic N) is 3. The van der Waals surface area contributed by atoms with Crippen molar-refractivity contribution >= 4 is 29.3 Å². The average molecular weight is 425 g/mol. The van der Waals surface area contributed by atoms with Crippen molar-refractivity contribution in [2.75, 3.05) is 5.75 Å².